The molecule has 0 fully saturated rings. The van der Waals surface area contributed by atoms with Gasteiger partial charge in [-0.3, -0.25) is 9.59 Å². The van der Waals surface area contributed by atoms with E-state index in [9.17, 15) is 35.8 Å². The Bertz CT molecular complexity index is 949. The summed E-state index contributed by atoms with van der Waals surface area (Å²) in [6, 6.07) is 4.65. The first-order chi connectivity index (χ1) is 13.6. The summed E-state index contributed by atoms with van der Waals surface area (Å²) >= 11 is -2.17. The van der Waals surface area contributed by atoms with Gasteiger partial charge in [-0.15, -0.1) is 0 Å². The molecule has 0 amide bonds. The number of hydrogen-bond donors (Lipinski definition) is 1. The maximum atomic E-state index is 14.2. The van der Waals surface area contributed by atoms with Gasteiger partial charge in [0, 0.05) is 5.56 Å². The van der Waals surface area contributed by atoms with Crippen LogP contribution in [0.15, 0.2) is 24.3 Å². The minimum absolute atomic E-state index is 0.270. The molecule has 2 atom stereocenters. The Morgan fingerprint density at radius 1 is 0.966 bits per heavy atom. The first kappa shape index (κ1) is 22.6. The zero-order valence-corrected chi connectivity index (χ0v) is 15.5. The van der Waals surface area contributed by atoms with Crippen LogP contribution >= 0.6 is 0 Å². The number of carbonyl (C=O) groups excluding carboxylic acids is 2. The monoisotopic (exact) mass is 436 g/mol. The second-order valence-electron chi connectivity index (χ2n) is 5.70. The molecule has 2 aromatic rings. The van der Waals surface area contributed by atoms with Crippen LogP contribution in [-0.2, 0) is 26.4 Å². The summed E-state index contributed by atoms with van der Waals surface area (Å²) in [7, 11) is 0. The third kappa shape index (κ3) is 4.67. The molecule has 0 aliphatic heterocycles. The normalized spacial score (nSPS) is 13.1. The average molecular weight is 436 g/mol. The van der Waals surface area contributed by atoms with Crippen molar-refractivity contribution in [1.82, 2.24) is 0 Å². The molecule has 156 valence electrons. The van der Waals surface area contributed by atoms with E-state index in [1.165, 1.54) is 19.1 Å². The van der Waals surface area contributed by atoms with E-state index < -0.39 is 63.4 Å². The standard InChI is InChI=1S/C18H13F5O5S/c1-2-28-18(25)11(10-12(19)14(21)16(23)15(22)13(10)20)17(24)9-5-3-8(4-6-9)7-29(26)27/h3-6,11H,2,7H2,1H3,(H,26,27). The largest absolute Gasteiger partial charge is 0.465 e. The molecule has 2 rings (SSSR count). The van der Waals surface area contributed by atoms with E-state index in [-0.39, 0.29) is 17.9 Å². The van der Waals surface area contributed by atoms with E-state index in [2.05, 4.69) is 4.74 Å². The third-order valence-corrected chi connectivity index (χ3v) is 4.43. The smallest absolute Gasteiger partial charge is 0.321 e. The molecule has 0 heterocycles. The number of halogens is 5. The molecule has 0 spiro atoms. The lowest BCUT2D eigenvalue weighted by molar-refractivity contribution is -0.143. The van der Waals surface area contributed by atoms with Gasteiger partial charge in [0.05, 0.1) is 17.9 Å². The Balaban J connectivity index is 2.59. The fourth-order valence-electron chi connectivity index (χ4n) is 2.53. The number of ketones is 1. The van der Waals surface area contributed by atoms with Crippen molar-refractivity contribution in [3.8, 4) is 0 Å². The molecule has 0 bridgehead atoms. The lowest BCUT2D eigenvalue weighted by Crippen LogP contribution is -2.28. The summed E-state index contributed by atoms with van der Waals surface area (Å²) in [6.07, 6.45) is 0. The van der Waals surface area contributed by atoms with Crippen molar-refractivity contribution in [2.75, 3.05) is 6.61 Å². The Morgan fingerprint density at radius 3 is 1.90 bits per heavy atom. The Hall–Kier alpha value is -2.66. The van der Waals surface area contributed by atoms with Crippen molar-refractivity contribution in [2.24, 2.45) is 0 Å². The van der Waals surface area contributed by atoms with Gasteiger partial charge < -0.3 is 9.29 Å². The second kappa shape index (κ2) is 9.23. The molecule has 0 aromatic heterocycles. The highest BCUT2D eigenvalue weighted by Gasteiger charge is 2.39. The molecule has 5 nitrogen and oxygen atoms in total. The van der Waals surface area contributed by atoms with Gasteiger partial charge in [-0.2, -0.15) is 0 Å². The van der Waals surface area contributed by atoms with Crippen LogP contribution in [0.4, 0.5) is 22.0 Å². The summed E-state index contributed by atoms with van der Waals surface area (Å²) in [6.45, 7) is 1.00. The lowest BCUT2D eigenvalue weighted by Gasteiger charge is -2.17. The Labute approximate surface area is 163 Å². The summed E-state index contributed by atoms with van der Waals surface area (Å²) in [5.74, 6) is -17.2. The minimum atomic E-state index is -2.45. The summed E-state index contributed by atoms with van der Waals surface area (Å²) in [4.78, 5) is 24.9. The SMILES string of the molecule is CCOC(=O)C(C(=O)c1ccc(CS(=O)O)cc1)c1c(F)c(F)c(F)c(F)c1F. The van der Waals surface area contributed by atoms with Crippen LogP contribution in [-0.4, -0.2) is 27.1 Å². The third-order valence-electron chi connectivity index (χ3n) is 3.85. The molecular weight excluding hydrogens is 423 g/mol. The van der Waals surface area contributed by atoms with E-state index in [0.717, 1.165) is 12.1 Å². The van der Waals surface area contributed by atoms with Crippen molar-refractivity contribution in [2.45, 2.75) is 18.6 Å². The molecule has 0 saturated heterocycles. The highest BCUT2D eigenvalue weighted by molar-refractivity contribution is 7.78. The van der Waals surface area contributed by atoms with Crippen molar-refractivity contribution in [1.29, 1.82) is 0 Å². The Kier molecular flexibility index (Phi) is 7.20. The maximum Gasteiger partial charge on any atom is 0.321 e. The molecule has 0 saturated carbocycles. The number of hydrogen-bond acceptors (Lipinski definition) is 4. The average Bonchev–Trinajstić information content (AvgIpc) is 2.68. The fraction of sp³-hybridized carbons (Fsp3) is 0.222. The predicted octanol–water partition coefficient (Wildman–Crippen LogP) is 3.63. The van der Waals surface area contributed by atoms with Gasteiger partial charge in [0.2, 0.25) is 5.82 Å². The molecule has 1 N–H and O–H groups in total. The van der Waals surface area contributed by atoms with Gasteiger partial charge in [0.15, 0.2) is 46.1 Å². The van der Waals surface area contributed by atoms with Gasteiger partial charge in [-0.25, -0.2) is 26.2 Å². The van der Waals surface area contributed by atoms with Crippen LogP contribution in [0.2, 0.25) is 0 Å². The van der Waals surface area contributed by atoms with Gasteiger partial charge in [-0.1, -0.05) is 24.3 Å². The van der Waals surface area contributed by atoms with E-state index in [0.29, 0.717) is 5.56 Å². The van der Waals surface area contributed by atoms with E-state index in [1.807, 2.05) is 0 Å². The van der Waals surface area contributed by atoms with Crippen molar-refractivity contribution in [3.05, 3.63) is 70.0 Å². The summed E-state index contributed by atoms with van der Waals surface area (Å²) in [5.41, 5.74) is -1.60. The number of esters is 1. The van der Waals surface area contributed by atoms with Crippen molar-refractivity contribution in [3.63, 3.8) is 0 Å². The number of rotatable bonds is 7. The topological polar surface area (TPSA) is 80.7 Å². The van der Waals surface area contributed by atoms with E-state index >= 15 is 0 Å². The summed E-state index contributed by atoms with van der Waals surface area (Å²) < 4.78 is 93.1. The zero-order chi connectivity index (χ0) is 21.9. The van der Waals surface area contributed by atoms with Gasteiger partial charge in [0.1, 0.15) is 0 Å². The van der Waals surface area contributed by atoms with Crippen molar-refractivity contribution >= 4 is 22.8 Å². The van der Waals surface area contributed by atoms with Crippen molar-refractivity contribution < 1.29 is 45.0 Å². The fourth-order valence-corrected chi connectivity index (χ4v) is 3.01. The van der Waals surface area contributed by atoms with Crippen LogP contribution in [0, 0.1) is 29.1 Å². The van der Waals surface area contributed by atoms with Crippen LogP contribution in [0.25, 0.3) is 0 Å². The zero-order valence-electron chi connectivity index (χ0n) is 14.7. The minimum Gasteiger partial charge on any atom is -0.465 e. The molecular formula is C18H13F5O5S. The summed E-state index contributed by atoms with van der Waals surface area (Å²) in [5, 5.41) is 0. The number of Topliss-reactive ketones (excluding diaryl/α,β-unsaturated/α-hetero) is 1. The molecule has 0 aliphatic rings. The van der Waals surface area contributed by atoms with Gasteiger partial charge >= 0.3 is 5.97 Å². The lowest BCUT2D eigenvalue weighted by atomic mass is 9.89. The maximum absolute atomic E-state index is 14.2. The van der Waals surface area contributed by atoms with Gasteiger partial charge in [0.25, 0.3) is 0 Å². The Morgan fingerprint density at radius 2 is 1.45 bits per heavy atom. The molecule has 2 unspecified atom stereocenters. The molecule has 0 aliphatic carbocycles. The molecule has 2 aromatic carbocycles. The van der Waals surface area contributed by atoms with E-state index in [4.69, 9.17) is 4.55 Å². The molecule has 0 radical (unpaired) electrons. The molecule has 29 heavy (non-hydrogen) atoms. The van der Waals surface area contributed by atoms with Crippen LogP contribution in [0.5, 0.6) is 0 Å². The van der Waals surface area contributed by atoms with E-state index in [1.54, 1.807) is 0 Å². The first-order valence-electron chi connectivity index (χ1n) is 7.98. The van der Waals surface area contributed by atoms with Crippen LogP contribution < -0.4 is 0 Å². The van der Waals surface area contributed by atoms with Gasteiger partial charge in [-0.05, 0) is 12.5 Å². The molecule has 11 heteroatoms. The number of benzene rings is 2. The van der Waals surface area contributed by atoms with Crippen LogP contribution in [0.1, 0.15) is 34.3 Å². The predicted molar refractivity (Wildman–Crippen MR) is 90.9 cm³/mol. The first-order valence-corrected chi connectivity index (χ1v) is 9.26. The number of carbonyl (C=O) groups is 2. The highest BCUT2D eigenvalue weighted by Crippen LogP contribution is 2.32. The second-order valence-corrected chi connectivity index (χ2v) is 6.63. The highest BCUT2D eigenvalue weighted by atomic mass is 32.2. The quantitative estimate of drug-likeness (QED) is 0.136. The van der Waals surface area contributed by atoms with Crippen LogP contribution in [0.3, 0.4) is 0 Å². The number of ether oxygens (including phenoxy) is 1.